The summed E-state index contributed by atoms with van der Waals surface area (Å²) in [5.74, 6) is 3.03. The lowest BCUT2D eigenvalue weighted by atomic mass is 9.83. The number of benzene rings is 1. The molecule has 0 radical (unpaired) electrons. The van der Waals surface area contributed by atoms with Crippen LogP contribution in [0, 0.1) is 5.92 Å². The third kappa shape index (κ3) is 3.00. The van der Waals surface area contributed by atoms with Crippen molar-refractivity contribution < 1.29 is 9.63 Å². The summed E-state index contributed by atoms with van der Waals surface area (Å²) in [5, 5.41) is 13.6. The van der Waals surface area contributed by atoms with Crippen LogP contribution in [-0.2, 0) is 6.42 Å². The van der Waals surface area contributed by atoms with E-state index in [0.717, 1.165) is 30.1 Å². The lowest BCUT2D eigenvalue weighted by Crippen LogP contribution is -2.12. The zero-order valence-electron chi connectivity index (χ0n) is 11.7. The van der Waals surface area contributed by atoms with E-state index < -0.39 is 0 Å². The van der Waals surface area contributed by atoms with E-state index in [-0.39, 0.29) is 5.75 Å². The molecular formula is C16H20N2O2. The second-order valence-corrected chi connectivity index (χ2v) is 5.85. The maximum atomic E-state index is 9.46. The zero-order valence-corrected chi connectivity index (χ0v) is 11.7. The van der Waals surface area contributed by atoms with Gasteiger partial charge in [-0.15, -0.1) is 0 Å². The predicted octanol–water partition coefficient (Wildman–Crippen LogP) is 3.66. The number of aromatic hydroxyl groups is 1. The maximum Gasteiger partial charge on any atom is 0.231 e. The van der Waals surface area contributed by atoms with Gasteiger partial charge in [0.1, 0.15) is 5.75 Å². The Hall–Kier alpha value is -1.84. The molecule has 0 unspecified atom stereocenters. The molecule has 3 rings (SSSR count). The minimum absolute atomic E-state index is 0.267. The quantitative estimate of drug-likeness (QED) is 0.926. The molecule has 1 aromatic heterocycles. The Balaban J connectivity index is 1.67. The molecule has 0 amide bonds. The average molecular weight is 272 g/mol. The molecule has 0 bridgehead atoms. The van der Waals surface area contributed by atoms with Gasteiger partial charge in [0.2, 0.25) is 5.89 Å². The molecule has 106 valence electrons. The molecule has 1 heterocycles. The van der Waals surface area contributed by atoms with E-state index in [9.17, 15) is 5.11 Å². The van der Waals surface area contributed by atoms with Crippen molar-refractivity contribution in [2.75, 3.05) is 0 Å². The van der Waals surface area contributed by atoms with Crippen molar-refractivity contribution in [1.82, 2.24) is 10.1 Å². The van der Waals surface area contributed by atoms with Crippen molar-refractivity contribution in [1.29, 1.82) is 0 Å². The number of aromatic nitrogens is 2. The zero-order chi connectivity index (χ0) is 13.9. The van der Waals surface area contributed by atoms with Gasteiger partial charge < -0.3 is 9.63 Å². The largest absolute Gasteiger partial charge is 0.508 e. The predicted molar refractivity (Wildman–Crippen MR) is 75.6 cm³/mol. The highest BCUT2D eigenvalue weighted by Gasteiger charge is 2.23. The molecule has 20 heavy (non-hydrogen) atoms. The van der Waals surface area contributed by atoms with Crippen LogP contribution in [0.5, 0.6) is 5.75 Å². The molecule has 0 spiro atoms. The first kappa shape index (κ1) is 13.2. The standard InChI is InChI=1S/C16H20N2O2/c1-11-5-7-13(8-6-11)16-17-15(20-18-16)10-12-3-2-4-14(19)9-12/h2-4,9,11,13,19H,5-8,10H2,1H3. The van der Waals surface area contributed by atoms with Gasteiger partial charge in [-0.3, -0.25) is 0 Å². The number of nitrogens with zero attached hydrogens (tertiary/aromatic N) is 2. The Morgan fingerprint density at radius 1 is 1.25 bits per heavy atom. The lowest BCUT2D eigenvalue weighted by molar-refractivity contribution is 0.324. The topological polar surface area (TPSA) is 59.2 Å². The molecule has 2 aromatic rings. The SMILES string of the molecule is CC1CCC(c2noc(Cc3cccc(O)c3)n2)CC1. The van der Waals surface area contributed by atoms with Crippen molar-refractivity contribution >= 4 is 0 Å². The number of hydrogen-bond donors (Lipinski definition) is 1. The number of phenolic OH excluding ortho intramolecular Hbond substituents is 1. The van der Waals surface area contributed by atoms with E-state index in [0.29, 0.717) is 18.2 Å². The molecular weight excluding hydrogens is 252 g/mol. The van der Waals surface area contributed by atoms with Crippen LogP contribution >= 0.6 is 0 Å². The molecule has 1 aliphatic carbocycles. The van der Waals surface area contributed by atoms with Gasteiger partial charge in [0.05, 0.1) is 6.42 Å². The fourth-order valence-electron chi connectivity index (χ4n) is 2.86. The Morgan fingerprint density at radius 3 is 2.80 bits per heavy atom. The van der Waals surface area contributed by atoms with Crippen LogP contribution in [0.25, 0.3) is 0 Å². The highest BCUT2D eigenvalue weighted by atomic mass is 16.5. The van der Waals surface area contributed by atoms with Crippen molar-refractivity contribution in [2.24, 2.45) is 5.92 Å². The van der Waals surface area contributed by atoms with Crippen LogP contribution in [0.1, 0.15) is 55.8 Å². The van der Waals surface area contributed by atoms with Crippen LogP contribution in [0.3, 0.4) is 0 Å². The Kier molecular flexibility index (Phi) is 3.72. The normalized spacial score (nSPS) is 22.9. The van der Waals surface area contributed by atoms with E-state index in [4.69, 9.17) is 4.52 Å². The Bertz CT molecular complexity index is 571. The first-order chi connectivity index (χ1) is 9.70. The Labute approximate surface area is 118 Å². The molecule has 4 nitrogen and oxygen atoms in total. The second-order valence-electron chi connectivity index (χ2n) is 5.85. The first-order valence-electron chi connectivity index (χ1n) is 7.31. The molecule has 0 saturated heterocycles. The van der Waals surface area contributed by atoms with Crippen molar-refractivity contribution in [2.45, 2.75) is 44.9 Å². The summed E-state index contributed by atoms with van der Waals surface area (Å²) < 4.78 is 5.35. The van der Waals surface area contributed by atoms with Crippen molar-refractivity contribution in [3.05, 3.63) is 41.5 Å². The van der Waals surface area contributed by atoms with Crippen LogP contribution in [0.4, 0.5) is 0 Å². The number of rotatable bonds is 3. The minimum Gasteiger partial charge on any atom is -0.508 e. The Morgan fingerprint density at radius 2 is 2.05 bits per heavy atom. The van der Waals surface area contributed by atoms with E-state index >= 15 is 0 Å². The lowest BCUT2D eigenvalue weighted by Gasteiger charge is -2.23. The van der Waals surface area contributed by atoms with E-state index in [1.165, 1.54) is 12.8 Å². The van der Waals surface area contributed by atoms with Gasteiger partial charge in [-0.05, 0) is 36.5 Å². The van der Waals surface area contributed by atoms with Crippen molar-refractivity contribution in [3.63, 3.8) is 0 Å². The second kappa shape index (κ2) is 5.65. The van der Waals surface area contributed by atoms with Gasteiger partial charge in [0, 0.05) is 5.92 Å². The summed E-state index contributed by atoms with van der Waals surface area (Å²) in [6.45, 7) is 2.31. The molecule has 1 fully saturated rings. The molecule has 4 heteroatoms. The third-order valence-corrected chi connectivity index (χ3v) is 4.13. The molecule has 1 aromatic carbocycles. The minimum atomic E-state index is 0.267. The van der Waals surface area contributed by atoms with Crippen LogP contribution in [-0.4, -0.2) is 15.2 Å². The number of phenols is 1. The van der Waals surface area contributed by atoms with E-state index in [2.05, 4.69) is 17.1 Å². The summed E-state index contributed by atoms with van der Waals surface area (Å²) in [6, 6.07) is 7.16. The number of hydrogen-bond acceptors (Lipinski definition) is 4. The summed E-state index contributed by atoms with van der Waals surface area (Å²) in [7, 11) is 0. The third-order valence-electron chi connectivity index (χ3n) is 4.13. The van der Waals surface area contributed by atoms with E-state index in [1.54, 1.807) is 12.1 Å². The highest BCUT2D eigenvalue weighted by molar-refractivity contribution is 5.28. The van der Waals surface area contributed by atoms with Gasteiger partial charge in [-0.25, -0.2) is 0 Å². The highest BCUT2D eigenvalue weighted by Crippen LogP contribution is 2.34. The van der Waals surface area contributed by atoms with Gasteiger partial charge in [0.15, 0.2) is 5.82 Å². The van der Waals surface area contributed by atoms with Crippen LogP contribution < -0.4 is 0 Å². The van der Waals surface area contributed by atoms with Crippen LogP contribution in [0.15, 0.2) is 28.8 Å². The summed E-state index contributed by atoms with van der Waals surface area (Å²) in [5.41, 5.74) is 0.984. The molecule has 1 aliphatic rings. The summed E-state index contributed by atoms with van der Waals surface area (Å²) >= 11 is 0. The maximum absolute atomic E-state index is 9.46. The van der Waals surface area contributed by atoms with Gasteiger partial charge in [-0.1, -0.05) is 37.1 Å². The van der Waals surface area contributed by atoms with E-state index in [1.807, 2.05) is 12.1 Å². The molecule has 0 atom stereocenters. The van der Waals surface area contributed by atoms with Gasteiger partial charge in [0.25, 0.3) is 0 Å². The molecule has 1 saturated carbocycles. The van der Waals surface area contributed by atoms with Gasteiger partial charge in [-0.2, -0.15) is 4.98 Å². The van der Waals surface area contributed by atoms with Crippen LogP contribution in [0.2, 0.25) is 0 Å². The van der Waals surface area contributed by atoms with Gasteiger partial charge >= 0.3 is 0 Å². The first-order valence-corrected chi connectivity index (χ1v) is 7.31. The smallest absolute Gasteiger partial charge is 0.231 e. The fraction of sp³-hybridized carbons (Fsp3) is 0.500. The molecule has 1 N–H and O–H groups in total. The summed E-state index contributed by atoms with van der Waals surface area (Å²) in [6.07, 6.45) is 5.39. The summed E-state index contributed by atoms with van der Waals surface area (Å²) in [4.78, 5) is 4.52. The fourth-order valence-corrected chi connectivity index (χ4v) is 2.86. The monoisotopic (exact) mass is 272 g/mol. The molecule has 0 aliphatic heterocycles. The van der Waals surface area contributed by atoms with Crippen molar-refractivity contribution in [3.8, 4) is 5.75 Å². The average Bonchev–Trinajstić information content (AvgIpc) is 2.88.